The number of esters is 2. The zero-order valence-electron chi connectivity index (χ0n) is 17.1. The van der Waals surface area contributed by atoms with Crippen LogP contribution in [-0.2, 0) is 19.1 Å². The third kappa shape index (κ3) is 24.7. The molecule has 0 unspecified atom stereocenters. The predicted octanol–water partition coefficient (Wildman–Crippen LogP) is 6.15. The molecule has 0 aliphatic carbocycles. The van der Waals surface area contributed by atoms with Crippen molar-refractivity contribution < 1.29 is 19.1 Å². The topological polar surface area (TPSA) is 52.6 Å². The van der Waals surface area contributed by atoms with Crippen LogP contribution in [-0.4, -0.2) is 25.2 Å². The first-order valence-electron chi connectivity index (χ1n) is 10.2. The normalized spacial score (nSPS) is 9.62. The summed E-state index contributed by atoms with van der Waals surface area (Å²) in [5.41, 5.74) is 0. The van der Waals surface area contributed by atoms with E-state index in [0.29, 0.717) is 13.2 Å². The van der Waals surface area contributed by atoms with E-state index in [-0.39, 0.29) is 11.9 Å². The number of rotatable bonds is 16. The summed E-state index contributed by atoms with van der Waals surface area (Å²) >= 11 is 0. The molecule has 0 N–H and O–H groups in total. The number of ether oxygens (including phenoxy) is 2. The van der Waals surface area contributed by atoms with Crippen LogP contribution in [0.4, 0.5) is 0 Å². The Labute approximate surface area is 161 Å². The lowest BCUT2D eigenvalue weighted by Gasteiger charge is -2.01. The number of hydrogen-bond donors (Lipinski definition) is 0. The first-order chi connectivity index (χ1) is 12.6. The average Bonchev–Trinajstić information content (AvgIpc) is 2.66. The van der Waals surface area contributed by atoms with Gasteiger partial charge in [0.05, 0.1) is 13.2 Å². The molecule has 0 spiro atoms. The fourth-order valence-corrected chi connectivity index (χ4v) is 2.23. The highest BCUT2D eigenvalue weighted by atomic mass is 16.5. The molecular weight excluding hydrogens is 328 g/mol. The Hall–Kier alpha value is -1.58. The molecule has 0 radical (unpaired) electrons. The zero-order valence-corrected chi connectivity index (χ0v) is 17.1. The Balaban J connectivity index is 0. The van der Waals surface area contributed by atoms with Crippen LogP contribution in [0.1, 0.15) is 90.9 Å². The largest absolute Gasteiger partial charge is 0.463 e. The van der Waals surface area contributed by atoms with Gasteiger partial charge in [0.2, 0.25) is 0 Å². The van der Waals surface area contributed by atoms with Crippen molar-refractivity contribution in [3.05, 3.63) is 25.3 Å². The van der Waals surface area contributed by atoms with E-state index in [1.165, 1.54) is 63.5 Å². The van der Waals surface area contributed by atoms with E-state index in [9.17, 15) is 9.59 Å². The van der Waals surface area contributed by atoms with Gasteiger partial charge in [-0.25, -0.2) is 9.59 Å². The van der Waals surface area contributed by atoms with E-state index in [2.05, 4.69) is 27.0 Å². The van der Waals surface area contributed by atoms with Gasteiger partial charge in [-0.1, -0.05) is 91.2 Å². The Morgan fingerprint density at radius 2 is 0.923 bits per heavy atom. The maximum Gasteiger partial charge on any atom is 0.330 e. The van der Waals surface area contributed by atoms with E-state index in [1.807, 2.05) is 0 Å². The van der Waals surface area contributed by atoms with Crippen LogP contribution >= 0.6 is 0 Å². The molecule has 0 aromatic rings. The Morgan fingerprint density at radius 1 is 0.615 bits per heavy atom. The summed E-state index contributed by atoms with van der Waals surface area (Å²) in [6.45, 7) is 12.1. The first-order valence-corrected chi connectivity index (χ1v) is 10.2. The second-order valence-corrected chi connectivity index (χ2v) is 6.28. The minimum Gasteiger partial charge on any atom is -0.463 e. The lowest BCUT2D eigenvalue weighted by molar-refractivity contribution is -0.138. The van der Waals surface area contributed by atoms with Gasteiger partial charge in [0.15, 0.2) is 0 Å². The van der Waals surface area contributed by atoms with Gasteiger partial charge in [0.1, 0.15) is 0 Å². The summed E-state index contributed by atoms with van der Waals surface area (Å²) < 4.78 is 9.68. The molecule has 0 saturated carbocycles. The van der Waals surface area contributed by atoms with Crippen molar-refractivity contribution in [2.24, 2.45) is 0 Å². The van der Waals surface area contributed by atoms with Crippen molar-refractivity contribution in [1.29, 1.82) is 0 Å². The van der Waals surface area contributed by atoms with Gasteiger partial charge in [0, 0.05) is 12.2 Å². The molecule has 4 nitrogen and oxygen atoms in total. The summed E-state index contributed by atoms with van der Waals surface area (Å²) in [4.78, 5) is 21.2. The number of hydrogen-bond acceptors (Lipinski definition) is 4. The molecule has 26 heavy (non-hydrogen) atoms. The third-order valence-electron chi connectivity index (χ3n) is 3.82. The van der Waals surface area contributed by atoms with Crippen LogP contribution in [0.2, 0.25) is 0 Å². The molecule has 0 rings (SSSR count). The molecule has 4 heteroatoms. The van der Waals surface area contributed by atoms with Crippen molar-refractivity contribution in [2.75, 3.05) is 13.2 Å². The number of unbranched alkanes of at least 4 members (excludes halogenated alkanes) is 10. The second kappa shape index (κ2) is 23.4. The van der Waals surface area contributed by atoms with Crippen molar-refractivity contribution in [3.8, 4) is 0 Å². The van der Waals surface area contributed by atoms with Gasteiger partial charge in [-0.05, 0) is 12.8 Å². The molecule has 0 aliphatic rings. The Bertz CT molecular complexity index is 316. The fraction of sp³-hybridized carbons (Fsp3) is 0.727. The molecule has 0 saturated heterocycles. The lowest BCUT2D eigenvalue weighted by atomic mass is 10.1. The number of carbonyl (C=O) groups is 2. The predicted molar refractivity (Wildman–Crippen MR) is 109 cm³/mol. The van der Waals surface area contributed by atoms with E-state index in [1.54, 1.807) is 0 Å². The van der Waals surface area contributed by atoms with Gasteiger partial charge < -0.3 is 9.47 Å². The van der Waals surface area contributed by atoms with E-state index in [0.717, 1.165) is 25.7 Å². The molecule has 0 aromatic heterocycles. The summed E-state index contributed by atoms with van der Waals surface area (Å²) in [6.07, 6.45) is 16.9. The van der Waals surface area contributed by atoms with Gasteiger partial charge in [-0.3, -0.25) is 0 Å². The molecule has 152 valence electrons. The molecular formula is C22H40O4. The molecule has 0 bridgehead atoms. The quantitative estimate of drug-likeness (QED) is 0.186. The van der Waals surface area contributed by atoms with Crippen LogP contribution < -0.4 is 0 Å². The highest BCUT2D eigenvalue weighted by Crippen LogP contribution is 2.05. The smallest absolute Gasteiger partial charge is 0.330 e. The SMILES string of the molecule is C=CC(=O)OCCCCCCCC.C=CC(=O)OCCCCCCCC. The van der Waals surface area contributed by atoms with E-state index >= 15 is 0 Å². The molecule has 0 aliphatic heterocycles. The average molecular weight is 369 g/mol. The highest BCUT2D eigenvalue weighted by Gasteiger charge is 1.95. The van der Waals surface area contributed by atoms with Crippen molar-refractivity contribution in [3.63, 3.8) is 0 Å². The maximum absolute atomic E-state index is 10.6. The standard InChI is InChI=1S/2C11H20O2/c2*1-3-5-6-7-8-9-10-13-11(12)4-2/h2*4H,2-3,5-10H2,1H3. The van der Waals surface area contributed by atoms with Crippen LogP contribution in [0.25, 0.3) is 0 Å². The zero-order chi connectivity index (χ0) is 19.9. The second-order valence-electron chi connectivity index (χ2n) is 6.28. The number of carbonyl (C=O) groups excluding carboxylic acids is 2. The van der Waals surface area contributed by atoms with Crippen LogP contribution in [0, 0.1) is 0 Å². The lowest BCUT2D eigenvalue weighted by Crippen LogP contribution is -2.01. The van der Waals surface area contributed by atoms with Gasteiger partial charge in [0.25, 0.3) is 0 Å². The van der Waals surface area contributed by atoms with Gasteiger partial charge in [-0.2, -0.15) is 0 Å². The maximum atomic E-state index is 10.6. The van der Waals surface area contributed by atoms with E-state index < -0.39 is 0 Å². The Kier molecular flexibility index (Phi) is 24.0. The summed E-state index contributed by atoms with van der Waals surface area (Å²) in [6, 6.07) is 0. The van der Waals surface area contributed by atoms with Crippen LogP contribution in [0.3, 0.4) is 0 Å². The molecule has 0 fully saturated rings. The fourth-order valence-electron chi connectivity index (χ4n) is 2.23. The minimum atomic E-state index is -0.312. The van der Waals surface area contributed by atoms with Crippen molar-refractivity contribution in [1.82, 2.24) is 0 Å². The monoisotopic (exact) mass is 368 g/mol. The highest BCUT2D eigenvalue weighted by molar-refractivity contribution is 5.81. The Morgan fingerprint density at radius 3 is 1.23 bits per heavy atom. The summed E-state index contributed by atoms with van der Waals surface area (Å²) in [5.74, 6) is -0.623. The van der Waals surface area contributed by atoms with Crippen LogP contribution in [0.5, 0.6) is 0 Å². The first kappa shape index (κ1) is 26.6. The summed E-state index contributed by atoms with van der Waals surface area (Å²) in [7, 11) is 0. The summed E-state index contributed by atoms with van der Waals surface area (Å²) in [5, 5.41) is 0. The van der Waals surface area contributed by atoms with Crippen LogP contribution in [0.15, 0.2) is 25.3 Å². The van der Waals surface area contributed by atoms with Gasteiger partial charge >= 0.3 is 11.9 Å². The van der Waals surface area contributed by atoms with E-state index in [4.69, 9.17) is 9.47 Å². The van der Waals surface area contributed by atoms with Gasteiger partial charge in [-0.15, -0.1) is 0 Å². The molecule has 0 aromatic carbocycles. The molecule has 0 atom stereocenters. The van der Waals surface area contributed by atoms with Crippen molar-refractivity contribution in [2.45, 2.75) is 90.9 Å². The molecule has 0 heterocycles. The minimum absolute atomic E-state index is 0.312. The molecule has 0 amide bonds. The third-order valence-corrected chi connectivity index (χ3v) is 3.82. The van der Waals surface area contributed by atoms with Crippen molar-refractivity contribution >= 4 is 11.9 Å².